The summed E-state index contributed by atoms with van der Waals surface area (Å²) in [5.74, 6) is 0.738. The zero-order chi connectivity index (χ0) is 24.4. The van der Waals surface area contributed by atoms with Crippen LogP contribution in [0.5, 0.6) is 5.75 Å². The van der Waals surface area contributed by atoms with Crippen LogP contribution >= 0.6 is 0 Å². The van der Waals surface area contributed by atoms with Crippen molar-refractivity contribution >= 4 is 12.1 Å². The van der Waals surface area contributed by atoms with E-state index in [0.29, 0.717) is 59.7 Å². The molecule has 2 fully saturated rings. The Morgan fingerprint density at radius 3 is 2.71 bits per heavy atom. The van der Waals surface area contributed by atoms with Gasteiger partial charge in [0, 0.05) is 20.6 Å². The molecule has 0 bridgehead atoms. The number of hydrogen-bond acceptors (Lipinski definition) is 7. The summed E-state index contributed by atoms with van der Waals surface area (Å²) in [5, 5.41) is 17.6. The number of aryl methyl sites for hydroxylation is 2. The maximum absolute atomic E-state index is 12.4. The smallest absolute Gasteiger partial charge is 0.409 e. The van der Waals surface area contributed by atoms with Crippen LogP contribution in [0.2, 0.25) is 0 Å². The summed E-state index contributed by atoms with van der Waals surface area (Å²) in [6, 6.07) is 3.63. The number of carboxylic acid groups (broad SMARTS) is 1. The molecule has 184 valence electrons. The first-order valence-electron chi connectivity index (χ1n) is 11.9. The Morgan fingerprint density at radius 2 is 2.03 bits per heavy atom. The van der Waals surface area contributed by atoms with Crippen molar-refractivity contribution in [3.63, 3.8) is 0 Å². The standard InChI is InChI=1S/C24H33N5O5/c1-14-10-17(14)12-28(3)24(32)33-13-20-22(26-27-29(20)4)19-8-9-21(15(2)25-19)34-18-7-5-6-16(11-18)23(30)31/h8-9,14,16-18H,5-7,10-13H2,1-4H3,(H,30,31)/t14-,16-,17+,18-/m0/s1. The summed E-state index contributed by atoms with van der Waals surface area (Å²) in [5.41, 5.74) is 2.49. The average Bonchev–Trinajstić information content (AvgIpc) is 3.37. The second-order valence-electron chi connectivity index (χ2n) is 9.64. The fourth-order valence-electron chi connectivity index (χ4n) is 4.52. The number of nitrogens with zero attached hydrogens (tertiary/aromatic N) is 5. The number of hydrogen-bond donors (Lipinski definition) is 1. The highest BCUT2D eigenvalue weighted by Crippen LogP contribution is 2.38. The monoisotopic (exact) mass is 471 g/mol. The average molecular weight is 472 g/mol. The van der Waals surface area contributed by atoms with Gasteiger partial charge in [0.05, 0.1) is 23.4 Å². The second-order valence-corrected chi connectivity index (χ2v) is 9.64. The third-order valence-electron chi connectivity index (χ3n) is 6.92. The van der Waals surface area contributed by atoms with Gasteiger partial charge in [-0.2, -0.15) is 0 Å². The highest BCUT2D eigenvalue weighted by molar-refractivity contribution is 5.70. The van der Waals surface area contributed by atoms with Gasteiger partial charge in [-0.3, -0.25) is 4.79 Å². The summed E-state index contributed by atoms with van der Waals surface area (Å²) in [7, 11) is 3.51. The van der Waals surface area contributed by atoms with Crippen LogP contribution in [0.4, 0.5) is 4.79 Å². The fraction of sp³-hybridized carbons (Fsp3) is 0.625. The molecular formula is C24H33N5O5. The second kappa shape index (κ2) is 9.99. The van der Waals surface area contributed by atoms with Gasteiger partial charge < -0.3 is 19.5 Å². The molecule has 2 heterocycles. The predicted octanol–water partition coefficient (Wildman–Crippen LogP) is 3.43. The topological polar surface area (TPSA) is 120 Å². The van der Waals surface area contributed by atoms with Crippen molar-refractivity contribution in [2.45, 2.75) is 58.7 Å². The van der Waals surface area contributed by atoms with E-state index < -0.39 is 5.97 Å². The minimum absolute atomic E-state index is 0.0415. The number of carbonyl (C=O) groups is 2. The number of carboxylic acids is 1. The van der Waals surface area contributed by atoms with E-state index in [-0.39, 0.29) is 24.7 Å². The molecule has 2 aromatic heterocycles. The van der Waals surface area contributed by atoms with E-state index >= 15 is 0 Å². The number of aromatic nitrogens is 4. The Balaban J connectivity index is 1.41. The summed E-state index contributed by atoms with van der Waals surface area (Å²) in [6.07, 6.45) is 3.51. The van der Waals surface area contributed by atoms with E-state index in [9.17, 15) is 14.7 Å². The minimum atomic E-state index is -0.761. The lowest BCUT2D eigenvalue weighted by atomic mass is 9.87. The normalized spacial score (nSPS) is 23.9. The van der Waals surface area contributed by atoms with E-state index in [2.05, 4.69) is 22.2 Å². The highest BCUT2D eigenvalue weighted by atomic mass is 16.6. The first-order chi connectivity index (χ1) is 16.2. The van der Waals surface area contributed by atoms with Gasteiger partial charge in [-0.1, -0.05) is 12.1 Å². The number of rotatable bonds is 8. The molecule has 10 heteroatoms. The lowest BCUT2D eigenvalue weighted by Crippen LogP contribution is -2.30. The third-order valence-corrected chi connectivity index (χ3v) is 6.92. The van der Waals surface area contributed by atoms with Gasteiger partial charge in [0.15, 0.2) is 0 Å². The Morgan fingerprint density at radius 1 is 1.26 bits per heavy atom. The van der Waals surface area contributed by atoms with Crippen molar-refractivity contribution in [1.82, 2.24) is 24.9 Å². The van der Waals surface area contributed by atoms with Crippen molar-refractivity contribution in [3.05, 3.63) is 23.5 Å². The van der Waals surface area contributed by atoms with Crippen molar-refractivity contribution in [3.8, 4) is 17.1 Å². The lowest BCUT2D eigenvalue weighted by molar-refractivity contribution is -0.143. The van der Waals surface area contributed by atoms with E-state index in [1.165, 1.54) is 0 Å². The van der Waals surface area contributed by atoms with Gasteiger partial charge in [-0.05, 0) is 63.0 Å². The van der Waals surface area contributed by atoms with Gasteiger partial charge in [0.2, 0.25) is 0 Å². The molecule has 1 N–H and O–H groups in total. The minimum Gasteiger partial charge on any atom is -0.489 e. The quantitative estimate of drug-likeness (QED) is 0.622. The van der Waals surface area contributed by atoms with Gasteiger partial charge in [-0.15, -0.1) is 5.10 Å². The SMILES string of the molecule is Cc1nc(-c2nnn(C)c2COC(=O)N(C)C[C@H]2C[C@@H]2C)ccc1O[C@H]1CCC[C@H](C(=O)O)C1. The Labute approximate surface area is 199 Å². The molecule has 10 nitrogen and oxygen atoms in total. The van der Waals surface area contributed by atoms with E-state index in [1.54, 1.807) is 29.7 Å². The number of amides is 1. The molecule has 0 radical (unpaired) electrons. The number of pyridine rings is 1. The number of carbonyl (C=O) groups excluding carboxylic acids is 1. The fourth-order valence-corrected chi connectivity index (χ4v) is 4.52. The molecule has 2 aromatic rings. The summed E-state index contributed by atoms with van der Waals surface area (Å²) < 4.78 is 13.2. The van der Waals surface area contributed by atoms with Crippen LogP contribution in [0.25, 0.3) is 11.4 Å². The molecule has 4 rings (SSSR count). The summed E-state index contributed by atoms with van der Waals surface area (Å²) in [6.45, 7) is 4.78. The molecule has 34 heavy (non-hydrogen) atoms. The molecule has 0 aromatic carbocycles. The largest absolute Gasteiger partial charge is 0.489 e. The molecule has 0 spiro atoms. The van der Waals surface area contributed by atoms with E-state index in [1.807, 2.05) is 13.0 Å². The van der Waals surface area contributed by atoms with Crippen molar-refractivity contribution in [1.29, 1.82) is 0 Å². The molecule has 4 atom stereocenters. The Bertz CT molecular complexity index is 1050. The molecule has 1 amide bonds. The molecule has 2 saturated carbocycles. The molecule has 0 saturated heterocycles. The van der Waals surface area contributed by atoms with Crippen molar-refractivity contribution < 1.29 is 24.2 Å². The van der Waals surface area contributed by atoms with Crippen LogP contribution in [0.1, 0.15) is 50.4 Å². The van der Waals surface area contributed by atoms with Crippen LogP contribution in [-0.4, -0.2) is 61.7 Å². The Kier molecular flexibility index (Phi) is 7.04. The number of ether oxygens (including phenoxy) is 2. The maximum Gasteiger partial charge on any atom is 0.409 e. The Hall–Kier alpha value is -3.17. The van der Waals surface area contributed by atoms with Crippen molar-refractivity contribution in [2.75, 3.05) is 13.6 Å². The zero-order valence-electron chi connectivity index (χ0n) is 20.2. The van der Waals surface area contributed by atoms with Gasteiger partial charge in [-0.25, -0.2) is 14.5 Å². The van der Waals surface area contributed by atoms with Crippen LogP contribution < -0.4 is 4.74 Å². The number of aliphatic carboxylic acids is 1. The summed E-state index contributed by atoms with van der Waals surface area (Å²) >= 11 is 0. The predicted molar refractivity (Wildman–Crippen MR) is 123 cm³/mol. The van der Waals surface area contributed by atoms with Gasteiger partial charge >= 0.3 is 12.1 Å². The van der Waals surface area contributed by atoms with Crippen LogP contribution in [-0.2, 0) is 23.2 Å². The van der Waals surface area contributed by atoms with E-state index in [4.69, 9.17) is 9.47 Å². The third kappa shape index (κ3) is 5.48. The van der Waals surface area contributed by atoms with Crippen LogP contribution in [0.3, 0.4) is 0 Å². The summed E-state index contributed by atoms with van der Waals surface area (Å²) in [4.78, 5) is 30.0. The molecule has 0 aliphatic heterocycles. The first-order valence-corrected chi connectivity index (χ1v) is 11.9. The molecular weight excluding hydrogens is 438 g/mol. The molecule has 2 aliphatic carbocycles. The van der Waals surface area contributed by atoms with E-state index in [0.717, 1.165) is 19.3 Å². The van der Waals surface area contributed by atoms with Gasteiger partial charge in [0.25, 0.3) is 0 Å². The maximum atomic E-state index is 12.4. The first kappa shape index (κ1) is 24.0. The van der Waals surface area contributed by atoms with Crippen molar-refractivity contribution in [2.24, 2.45) is 24.8 Å². The van der Waals surface area contributed by atoms with Gasteiger partial charge in [0.1, 0.15) is 23.7 Å². The van der Waals surface area contributed by atoms with Crippen LogP contribution in [0, 0.1) is 24.7 Å². The molecule has 0 unspecified atom stereocenters. The highest BCUT2D eigenvalue weighted by Gasteiger charge is 2.34. The lowest BCUT2D eigenvalue weighted by Gasteiger charge is -2.27. The molecule has 2 aliphatic rings. The zero-order valence-corrected chi connectivity index (χ0v) is 20.2. The van der Waals surface area contributed by atoms with Crippen LogP contribution in [0.15, 0.2) is 12.1 Å².